The van der Waals surface area contributed by atoms with E-state index in [1.807, 2.05) is 14.0 Å². The molecular formula is C16H25IN4OS2. The van der Waals surface area contributed by atoms with Gasteiger partial charge in [-0.05, 0) is 26.0 Å². The van der Waals surface area contributed by atoms with Gasteiger partial charge in [-0.15, -0.1) is 46.7 Å². The summed E-state index contributed by atoms with van der Waals surface area (Å²) in [5.74, 6) is 0.866. The molecule has 0 saturated carbocycles. The molecule has 2 aromatic rings. The quantitative estimate of drug-likeness (QED) is 0.385. The molecule has 1 N–H and O–H groups in total. The number of thiazole rings is 1. The van der Waals surface area contributed by atoms with Crippen molar-refractivity contribution in [3.05, 3.63) is 38.0 Å². The molecule has 24 heavy (non-hydrogen) atoms. The van der Waals surface area contributed by atoms with Gasteiger partial charge in [0.25, 0.3) is 0 Å². The molecule has 5 nitrogen and oxygen atoms in total. The predicted molar refractivity (Wildman–Crippen MR) is 114 cm³/mol. The smallest absolute Gasteiger partial charge is 0.194 e. The fourth-order valence-corrected chi connectivity index (χ4v) is 3.80. The molecule has 2 aromatic heterocycles. The largest absolute Gasteiger partial charge is 0.375 e. The second-order valence-corrected chi connectivity index (χ2v) is 7.59. The van der Waals surface area contributed by atoms with Crippen LogP contribution in [0.4, 0.5) is 0 Å². The van der Waals surface area contributed by atoms with E-state index in [0.717, 1.165) is 29.8 Å². The molecule has 0 aliphatic heterocycles. The topological polar surface area (TPSA) is 49.8 Å². The van der Waals surface area contributed by atoms with E-state index in [1.165, 1.54) is 9.75 Å². The zero-order valence-corrected chi connectivity index (χ0v) is 18.7. The summed E-state index contributed by atoms with van der Waals surface area (Å²) in [6.07, 6.45) is 0.0403. The van der Waals surface area contributed by atoms with Crippen LogP contribution >= 0.6 is 46.7 Å². The zero-order chi connectivity index (χ0) is 16.8. The van der Waals surface area contributed by atoms with Gasteiger partial charge in [-0.2, -0.15) is 0 Å². The summed E-state index contributed by atoms with van der Waals surface area (Å²) in [7, 11) is 5.53. The minimum absolute atomic E-state index is 0. The Kier molecular flexibility index (Phi) is 9.17. The molecule has 134 valence electrons. The standard InChI is InChI=1S/C16H24N4OS2.HI/c1-11-6-7-14(23-11)8-18-16(17-3)20(4)9-13-10-22-15(19-13)12(2)21-5;/h6-7,10,12H,8-9H2,1-5H3,(H,17,18);1H. The van der Waals surface area contributed by atoms with E-state index in [0.29, 0.717) is 0 Å². The maximum atomic E-state index is 5.31. The maximum Gasteiger partial charge on any atom is 0.194 e. The van der Waals surface area contributed by atoms with Crippen molar-refractivity contribution in [1.29, 1.82) is 0 Å². The number of aryl methyl sites for hydroxylation is 1. The number of ether oxygens (including phenoxy) is 1. The molecule has 0 fully saturated rings. The summed E-state index contributed by atoms with van der Waals surface area (Å²) in [6, 6.07) is 4.29. The first-order valence-corrected chi connectivity index (χ1v) is 9.17. The van der Waals surface area contributed by atoms with E-state index in [2.05, 4.69) is 44.6 Å². The van der Waals surface area contributed by atoms with Crippen LogP contribution in [-0.2, 0) is 17.8 Å². The number of rotatable bonds is 6. The number of aromatic nitrogens is 1. The van der Waals surface area contributed by atoms with Crippen LogP contribution in [0.3, 0.4) is 0 Å². The average molecular weight is 480 g/mol. The molecule has 1 atom stereocenters. The van der Waals surface area contributed by atoms with Crippen molar-refractivity contribution >= 4 is 52.6 Å². The highest BCUT2D eigenvalue weighted by Crippen LogP contribution is 2.21. The number of hydrogen-bond acceptors (Lipinski definition) is 5. The van der Waals surface area contributed by atoms with Gasteiger partial charge in [-0.1, -0.05) is 0 Å². The summed E-state index contributed by atoms with van der Waals surface area (Å²) in [5.41, 5.74) is 1.03. The molecular weight excluding hydrogens is 455 g/mol. The third kappa shape index (κ3) is 5.98. The minimum Gasteiger partial charge on any atom is -0.375 e. The number of hydrogen-bond donors (Lipinski definition) is 1. The van der Waals surface area contributed by atoms with Crippen molar-refractivity contribution in [1.82, 2.24) is 15.2 Å². The second kappa shape index (κ2) is 10.3. The molecule has 1 unspecified atom stereocenters. The first-order valence-electron chi connectivity index (χ1n) is 7.47. The van der Waals surface area contributed by atoms with Crippen LogP contribution in [-0.4, -0.2) is 37.0 Å². The summed E-state index contributed by atoms with van der Waals surface area (Å²) < 4.78 is 5.31. The molecule has 0 spiro atoms. The Labute approximate surface area is 169 Å². The van der Waals surface area contributed by atoms with E-state index in [-0.39, 0.29) is 30.1 Å². The Balaban J connectivity index is 0.00000288. The Morgan fingerprint density at radius 3 is 2.79 bits per heavy atom. The van der Waals surface area contributed by atoms with E-state index in [1.54, 1.807) is 36.8 Å². The molecule has 2 rings (SSSR count). The summed E-state index contributed by atoms with van der Waals surface area (Å²) >= 11 is 3.44. The lowest BCUT2D eigenvalue weighted by atomic mass is 10.4. The summed E-state index contributed by atoms with van der Waals surface area (Å²) in [5, 5.41) is 6.49. The van der Waals surface area contributed by atoms with Crippen LogP contribution in [0.15, 0.2) is 22.5 Å². The fourth-order valence-electron chi connectivity index (χ4n) is 2.13. The number of aliphatic imine (C=N–C) groups is 1. The molecule has 0 aromatic carbocycles. The number of thiophene rings is 1. The lowest BCUT2D eigenvalue weighted by molar-refractivity contribution is 0.119. The van der Waals surface area contributed by atoms with Crippen molar-refractivity contribution in [3.63, 3.8) is 0 Å². The SMILES string of the molecule is CN=C(NCc1ccc(C)s1)N(C)Cc1csc(C(C)OC)n1.I. The molecule has 0 amide bonds. The minimum atomic E-state index is 0. The molecule has 0 bridgehead atoms. The van der Waals surface area contributed by atoms with Gasteiger partial charge in [0.2, 0.25) is 0 Å². The first kappa shape index (κ1) is 21.3. The second-order valence-electron chi connectivity index (χ2n) is 5.32. The number of guanidine groups is 1. The fraction of sp³-hybridized carbons (Fsp3) is 0.500. The van der Waals surface area contributed by atoms with Gasteiger partial charge in [0, 0.05) is 36.3 Å². The summed E-state index contributed by atoms with van der Waals surface area (Å²) in [6.45, 7) is 5.64. The van der Waals surface area contributed by atoms with E-state index in [4.69, 9.17) is 4.74 Å². The molecule has 0 radical (unpaired) electrons. The van der Waals surface area contributed by atoms with Gasteiger partial charge >= 0.3 is 0 Å². The van der Waals surface area contributed by atoms with Gasteiger partial charge in [0.1, 0.15) is 11.1 Å². The van der Waals surface area contributed by atoms with E-state index in [9.17, 15) is 0 Å². The van der Waals surface area contributed by atoms with Crippen molar-refractivity contribution in [2.24, 2.45) is 4.99 Å². The molecule has 0 aliphatic rings. The zero-order valence-electron chi connectivity index (χ0n) is 14.7. The van der Waals surface area contributed by atoms with Gasteiger partial charge in [0.05, 0.1) is 18.8 Å². The molecule has 2 heterocycles. The van der Waals surface area contributed by atoms with Crippen molar-refractivity contribution in [2.75, 3.05) is 21.2 Å². The lowest BCUT2D eigenvalue weighted by Crippen LogP contribution is -2.37. The Hall–Kier alpha value is -0.710. The Morgan fingerprint density at radius 1 is 1.46 bits per heavy atom. The predicted octanol–water partition coefficient (Wildman–Crippen LogP) is 4.05. The van der Waals surface area contributed by atoms with Gasteiger partial charge in [0.15, 0.2) is 5.96 Å². The number of nitrogens with one attached hydrogen (secondary N) is 1. The van der Waals surface area contributed by atoms with Crippen LogP contribution in [0, 0.1) is 6.92 Å². The highest BCUT2D eigenvalue weighted by Gasteiger charge is 2.12. The maximum absolute atomic E-state index is 5.31. The van der Waals surface area contributed by atoms with Crippen molar-refractivity contribution in [3.8, 4) is 0 Å². The van der Waals surface area contributed by atoms with Crippen molar-refractivity contribution in [2.45, 2.75) is 33.0 Å². The Morgan fingerprint density at radius 2 is 2.21 bits per heavy atom. The lowest BCUT2D eigenvalue weighted by Gasteiger charge is -2.21. The normalized spacial score (nSPS) is 12.6. The van der Waals surface area contributed by atoms with Crippen LogP contribution in [0.1, 0.15) is 33.5 Å². The van der Waals surface area contributed by atoms with E-state index < -0.39 is 0 Å². The van der Waals surface area contributed by atoms with E-state index >= 15 is 0 Å². The van der Waals surface area contributed by atoms with Crippen LogP contribution < -0.4 is 5.32 Å². The Bertz CT molecular complexity index is 656. The van der Waals surface area contributed by atoms with Gasteiger partial charge in [-0.3, -0.25) is 4.99 Å². The van der Waals surface area contributed by atoms with Crippen LogP contribution in [0.5, 0.6) is 0 Å². The number of nitrogens with zero attached hydrogens (tertiary/aromatic N) is 3. The number of halogens is 1. The average Bonchev–Trinajstić information content (AvgIpc) is 3.16. The highest BCUT2D eigenvalue weighted by atomic mass is 127. The highest BCUT2D eigenvalue weighted by molar-refractivity contribution is 14.0. The van der Waals surface area contributed by atoms with Crippen molar-refractivity contribution < 1.29 is 4.74 Å². The third-order valence-electron chi connectivity index (χ3n) is 3.46. The van der Waals surface area contributed by atoms with Crippen LogP contribution in [0.25, 0.3) is 0 Å². The molecule has 0 saturated heterocycles. The van der Waals surface area contributed by atoms with Gasteiger partial charge < -0.3 is 15.0 Å². The monoisotopic (exact) mass is 480 g/mol. The van der Waals surface area contributed by atoms with Gasteiger partial charge in [-0.25, -0.2) is 4.98 Å². The summed E-state index contributed by atoms with van der Waals surface area (Å²) in [4.78, 5) is 13.7. The van der Waals surface area contributed by atoms with Crippen LogP contribution in [0.2, 0.25) is 0 Å². The first-order chi connectivity index (χ1) is 11.0. The molecule has 8 heteroatoms. The number of methoxy groups -OCH3 is 1. The third-order valence-corrected chi connectivity index (χ3v) is 5.52. The molecule has 0 aliphatic carbocycles.